The Morgan fingerprint density at radius 2 is 1.79 bits per heavy atom. The molecule has 0 spiro atoms. The van der Waals surface area contributed by atoms with Gasteiger partial charge >= 0.3 is 5.95 Å². The molecule has 1 N–H and O–H groups in total. The molecule has 0 unspecified atom stereocenters. The standard InChI is InChI=1S/C12H14N4O3/c1-12(2,3)10(17)13-11-14-16(19)9-7-5-4-6-8(9)15(11)18/h4-7H,1-3H3,(H,13,14,17). The lowest BCUT2D eigenvalue weighted by atomic mass is 9.96. The molecule has 0 fully saturated rings. The summed E-state index contributed by atoms with van der Waals surface area (Å²) in [7, 11) is 0. The molecule has 100 valence electrons. The second-order valence-electron chi connectivity index (χ2n) is 5.18. The molecule has 7 heteroatoms. The van der Waals surface area contributed by atoms with Crippen LogP contribution < -0.4 is 14.9 Å². The van der Waals surface area contributed by atoms with Gasteiger partial charge in [-0.2, -0.15) is 0 Å². The third-order valence-corrected chi connectivity index (χ3v) is 2.59. The SMILES string of the molecule is CC(C)(C)C(=O)Nc1n[n+]([O-])c2ccccc2[n+]1[O-]. The molecule has 2 rings (SSSR count). The highest BCUT2D eigenvalue weighted by Crippen LogP contribution is 2.15. The first-order chi connectivity index (χ1) is 8.80. The zero-order valence-corrected chi connectivity index (χ0v) is 10.9. The highest BCUT2D eigenvalue weighted by molar-refractivity contribution is 5.92. The van der Waals surface area contributed by atoms with Crippen LogP contribution in [0.5, 0.6) is 0 Å². The molecule has 0 saturated heterocycles. The van der Waals surface area contributed by atoms with E-state index in [2.05, 4.69) is 10.4 Å². The zero-order chi connectivity index (χ0) is 14.2. The number of amides is 1. The Kier molecular flexibility index (Phi) is 2.97. The number of benzene rings is 1. The number of nitrogens with zero attached hydrogens (tertiary/aromatic N) is 3. The van der Waals surface area contributed by atoms with Gasteiger partial charge in [0.05, 0.1) is 5.41 Å². The summed E-state index contributed by atoms with van der Waals surface area (Å²) in [5.41, 5.74) is -0.392. The summed E-state index contributed by atoms with van der Waals surface area (Å²) in [5.74, 6) is -0.714. The number of rotatable bonds is 1. The number of aromatic nitrogens is 3. The van der Waals surface area contributed by atoms with Crippen LogP contribution in [-0.2, 0) is 4.79 Å². The van der Waals surface area contributed by atoms with E-state index in [0.29, 0.717) is 9.58 Å². The van der Waals surface area contributed by atoms with Gasteiger partial charge in [0, 0.05) is 10.9 Å². The molecule has 1 aromatic carbocycles. The van der Waals surface area contributed by atoms with Crippen LogP contribution in [-0.4, -0.2) is 11.0 Å². The van der Waals surface area contributed by atoms with Crippen LogP contribution in [0.2, 0.25) is 0 Å². The van der Waals surface area contributed by atoms with Gasteiger partial charge in [0.2, 0.25) is 5.10 Å². The van der Waals surface area contributed by atoms with Crippen molar-refractivity contribution in [1.29, 1.82) is 0 Å². The number of fused-ring (bicyclic) bond motifs is 1. The summed E-state index contributed by atoms with van der Waals surface area (Å²) in [5, 5.41) is 29.6. The first kappa shape index (κ1) is 13.0. The molecule has 0 aliphatic rings. The Balaban J connectivity index is 2.51. The fraction of sp³-hybridized carbons (Fsp3) is 0.333. The summed E-state index contributed by atoms with van der Waals surface area (Å²) in [6, 6.07) is 6.24. The molecule has 0 bridgehead atoms. The second-order valence-corrected chi connectivity index (χ2v) is 5.18. The number of carbonyl (C=O) groups excluding carboxylic acids is 1. The van der Waals surface area contributed by atoms with Crippen molar-refractivity contribution >= 4 is 22.9 Å². The molecule has 1 aromatic heterocycles. The largest absolute Gasteiger partial charge is 0.739 e. The minimum Gasteiger partial charge on any atom is -0.739 e. The van der Waals surface area contributed by atoms with Gasteiger partial charge in [-0.3, -0.25) is 4.79 Å². The number of anilines is 1. The molecule has 0 aliphatic carbocycles. The smallest absolute Gasteiger partial charge is 0.468 e. The zero-order valence-electron chi connectivity index (χ0n) is 10.9. The third kappa shape index (κ3) is 2.40. The van der Waals surface area contributed by atoms with E-state index in [1.54, 1.807) is 32.9 Å². The van der Waals surface area contributed by atoms with Crippen LogP contribution in [0.15, 0.2) is 24.3 Å². The van der Waals surface area contributed by atoms with Crippen molar-refractivity contribution in [2.24, 2.45) is 5.41 Å². The van der Waals surface area contributed by atoms with E-state index >= 15 is 0 Å². The van der Waals surface area contributed by atoms with Crippen LogP contribution in [0.3, 0.4) is 0 Å². The summed E-state index contributed by atoms with van der Waals surface area (Å²) in [6.45, 7) is 5.09. The van der Waals surface area contributed by atoms with Crippen molar-refractivity contribution in [2.75, 3.05) is 5.32 Å². The van der Waals surface area contributed by atoms with Crippen molar-refractivity contribution in [3.8, 4) is 0 Å². The van der Waals surface area contributed by atoms with E-state index in [1.807, 2.05) is 0 Å². The minimum atomic E-state index is -0.686. The van der Waals surface area contributed by atoms with Gasteiger partial charge in [-0.15, -0.1) is 0 Å². The highest BCUT2D eigenvalue weighted by atomic mass is 16.5. The second kappa shape index (κ2) is 4.34. The van der Waals surface area contributed by atoms with Gasteiger partial charge in [-0.05, 0) is 26.8 Å². The van der Waals surface area contributed by atoms with Gasteiger partial charge in [0.1, 0.15) is 0 Å². The first-order valence-electron chi connectivity index (χ1n) is 5.74. The maximum Gasteiger partial charge on any atom is 0.468 e. The van der Waals surface area contributed by atoms with E-state index in [-0.39, 0.29) is 22.9 Å². The van der Waals surface area contributed by atoms with E-state index < -0.39 is 5.41 Å². The highest BCUT2D eigenvalue weighted by Gasteiger charge is 2.29. The maximum absolute atomic E-state index is 12.0. The van der Waals surface area contributed by atoms with Crippen LogP contribution >= 0.6 is 0 Å². The molecule has 2 aromatic rings. The normalized spacial score (nSPS) is 11.5. The van der Waals surface area contributed by atoms with Crippen molar-refractivity contribution in [2.45, 2.75) is 20.8 Å². The minimum absolute atomic E-state index is 0.145. The quantitative estimate of drug-likeness (QED) is 0.597. The number of hydrogen-bond acceptors (Lipinski definition) is 4. The monoisotopic (exact) mass is 262 g/mol. The van der Waals surface area contributed by atoms with Crippen LogP contribution in [0, 0.1) is 15.8 Å². The number of nitrogens with one attached hydrogen (secondary N) is 1. The molecular formula is C12H14N4O3. The van der Waals surface area contributed by atoms with Crippen molar-refractivity contribution in [3.63, 3.8) is 0 Å². The molecule has 0 saturated carbocycles. The lowest BCUT2D eigenvalue weighted by molar-refractivity contribution is -0.672. The number of carbonyl (C=O) groups is 1. The molecule has 19 heavy (non-hydrogen) atoms. The summed E-state index contributed by atoms with van der Waals surface area (Å²) >= 11 is 0. The Labute approximate surface area is 109 Å². The van der Waals surface area contributed by atoms with Crippen LogP contribution in [0.25, 0.3) is 11.0 Å². The van der Waals surface area contributed by atoms with Crippen molar-refractivity contribution in [1.82, 2.24) is 5.10 Å². The topological polar surface area (TPSA) is 95.9 Å². The Morgan fingerprint density at radius 1 is 1.21 bits per heavy atom. The molecule has 1 heterocycles. The van der Waals surface area contributed by atoms with Gasteiger partial charge < -0.3 is 10.4 Å². The Bertz CT molecular complexity index is 649. The predicted molar refractivity (Wildman–Crippen MR) is 67.7 cm³/mol. The molecular weight excluding hydrogens is 248 g/mol. The molecule has 0 radical (unpaired) electrons. The van der Waals surface area contributed by atoms with Gasteiger partial charge in [-0.25, -0.2) is 10.0 Å². The lowest BCUT2D eigenvalue weighted by Crippen LogP contribution is -2.46. The molecule has 7 nitrogen and oxygen atoms in total. The van der Waals surface area contributed by atoms with E-state index in [0.717, 1.165) is 0 Å². The number of para-hydroxylation sites is 2. The predicted octanol–water partition coefficient (Wildman–Crippen LogP) is 0.486. The molecule has 0 atom stereocenters. The van der Waals surface area contributed by atoms with E-state index in [9.17, 15) is 15.2 Å². The van der Waals surface area contributed by atoms with Crippen molar-refractivity contribution < 1.29 is 14.4 Å². The lowest BCUT2D eigenvalue weighted by Gasteiger charge is -2.15. The fourth-order valence-electron chi connectivity index (χ4n) is 1.46. The fourth-order valence-corrected chi connectivity index (χ4v) is 1.46. The van der Waals surface area contributed by atoms with Gasteiger partial charge in [-0.1, -0.05) is 12.1 Å². The van der Waals surface area contributed by atoms with E-state index in [4.69, 9.17) is 0 Å². The Morgan fingerprint density at radius 3 is 2.37 bits per heavy atom. The van der Waals surface area contributed by atoms with Crippen LogP contribution in [0.1, 0.15) is 20.8 Å². The van der Waals surface area contributed by atoms with Crippen LogP contribution in [0.4, 0.5) is 5.95 Å². The summed E-state index contributed by atoms with van der Waals surface area (Å²) in [4.78, 5) is 12.1. The first-order valence-corrected chi connectivity index (χ1v) is 5.74. The third-order valence-electron chi connectivity index (χ3n) is 2.59. The Hall–Kier alpha value is -2.44. The van der Waals surface area contributed by atoms with Gasteiger partial charge in [0.15, 0.2) is 5.52 Å². The molecule has 1 amide bonds. The molecule has 0 aliphatic heterocycles. The van der Waals surface area contributed by atoms with Gasteiger partial charge in [0.25, 0.3) is 11.4 Å². The van der Waals surface area contributed by atoms with E-state index in [1.165, 1.54) is 12.1 Å². The average Bonchev–Trinajstić information content (AvgIpc) is 2.34. The summed E-state index contributed by atoms with van der Waals surface area (Å²) < 4.78 is 0.438. The maximum atomic E-state index is 12.0. The van der Waals surface area contributed by atoms with Crippen molar-refractivity contribution in [3.05, 3.63) is 34.7 Å². The average molecular weight is 262 g/mol. The summed E-state index contributed by atoms with van der Waals surface area (Å²) in [6.07, 6.45) is 0. The number of hydrogen-bond donors (Lipinski definition) is 1.